The van der Waals surface area contributed by atoms with Gasteiger partial charge in [-0.1, -0.05) is 52.9 Å². The molecule has 0 aromatic heterocycles. The van der Waals surface area contributed by atoms with Crippen molar-refractivity contribution in [3.63, 3.8) is 0 Å². The molecule has 0 saturated carbocycles. The van der Waals surface area contributed by atoms with Crippen molar-refractivity contribution in [1.29, 1.82) is 0 Å². The van der Waals surface area contributed by atoms with Crippen LogP contribution in [0.5, 0.6) is 0 Å². The van der Waals surface area contributed by atoms with E-state index in [2.05, 4.69) is 6.92 Å². The summed E-state index contributed by atoms with van der Waals surface area (Å²) in [6, 6.07) is 0. The maximum absolute atomic E-state index is 11.3. The van der Waals surface area contributed by atoms with Crippen molar-refractivity contribution >= 4 is 5.97 Å². The summed E-state index contributed by atoms with van der Waals surface area (Å²) >= 11 is 0. The van der Waals surface area contributed by atoms with E-state index in [1.54, 1.807) is 0 Å². The molecule has 0 fully saturated rings. The van der Waals surface area contributed by atoms with Gasteiger partial charge in [0, 0.05) is 6.54 Å². The fraction of sp³-hybridized carbons (Fsp3) is 0.923. The molecule has 0 aromatic rings. The molecule has 3 nitrogen and oxygen atoms in total. The monoisotopic (exact) mass is 229 g/mol. The molecular formula is C13H27NO2. The van der Waals surface area contributed by atoms with Crippen molar-refractivity contribution in [3.8, 4) is 0 Å². The molecule has 0 aliphatic carbocycles. The highest BCUT2D eigenvalue weighted by Crippen LogP contribution is 2.33. The number of unbranched alkanes of at least 4 members (excludes halogenated alkanes) is 4. The highest BCUT2D eigenvalue weighted by Gasteiger charge is 2.39. The van der Waals surface area contributed by atoms with Gasteiger partial charge in [0.05, 0.1) is 5.41 Å². The summed E-state index contributed by atoms with van der Waals surface area (Å²) in [5, 5.41) is 9.32. The van der Waals surface area contributed by atoms with Crippen LogP contribution in [0.15, 0.2) is 0 Å². The van der Waals surface area contributed by atoms with E-state index in [1.165, 1.54) is 19.3 Å². The Bertz CT molecular complexity index is 204. The predicted molar refractivity (Wildman–Crippen MR) is 67.3 cm³/mol. The quantitative estimate of drug-likeness (QED) is 0.597. The molecule has 0 amide bonds. The zero-order valence-electron chi connectivity index (χ0n) is 11.0. The molecule has 1 unspecified atom stereocenters. The standard InChI is InChI=1S/C13H27NO2/c1-4-5-6-7-8-9-13(10-14,11(2)3)12(15)16/h11H,4-10,14H2,1-3H3,(H,15,16). The molecule has 1 atom stereocenters. The van der Waals surface area contributed by atoms with Gasteiger partial charge in [-0.15, -0.1) is 0 Å². The fourth-order valence-corrected chi connectivity index (χ4v) is 2.11. The Labute approximate surface area is 99.4 Å². The highest BCUT2D eigenvalue weighted by molar-refractivity contribution is 5.75. The van der Waals surface area contributed by atoms with Crippen LogP contribution in [0, 0.1) is 11.3 Å². The van der Waals surface area contributed by atoms with Crippen molar-refractivity contribution < 1.29 is 9.90 Å². The zero-order valence-corrected chi connectivity index (χ0v) is 11.0. The molecule has 0 heterocycles. The van der Waals surface area contributed by atoms with E-state index < -0.39 is 11.4 Å². The van der Waals surface area contributed by atoms with Gasteiger partial charge in [-0.25, -0.2) is 0 Å². The first-order chi connectivity index (χ1) is 7.51. The molecule has 0 saturated heterocycles. The maximum atomic E-state index is 11.3. The van der Waals surface area contributed by atoms with Crippen LogP contribution < -0.4 is 5.73 Å². The molecule has 0 aliphatic rings. The summed E-state index contributed by atoms with van der Waals surface area (Å²) in [5.74, 6) is -0.637. The van der Waals surface area contributed by atoms with Crippen LogP contribution in [0.2, 0.25) is 0 Å². The van der Waals surface area contributed by atoms with Crippen LogP contribution in [0.4, 0.5) is 0 Å². The van der Waals surface area contributed by atoms with Gasteiger partial charge in [-0.05, 0) is 12.3 Å². The molecule has 0 rings (SSSR count). The van der Waals surface area contributed by atoms with Crippen molar-refractivity contribution in [3.05, 3.63) is 0 Å². The second kappa shape index (κ2) is 7.66. The van der Waals surface area contributed by atoms with Gasteiger partial charge in [-0.2, -0.15) is 0 Å². The number of carbonyl (C=O) groups is 1. The first-order valence-electron chi connectivity index (χ1n) is 6.44. The van der Waals surface area contributed by atoms with Crippen LogP contribution in [0.1, 0.15) is 59.3 Å². The fourth-order valence-electron chi connectivity index (χ4n) is 2.11. The first-order valence-corrected chi connectivity index (χ1v) is 6.44. The van der Waals surface area contributed by atoms with Gasteiger partial charge in [0.1, 0.15) is 0 Å². The normalized spacial score (nSPS) is 15.1. The van der Waals surface area contributed by atoms with E-state index in [9.17, 15) is 9.90 Å². The third-order valence-electron chi connectivity index (χ3n) is 3.62. The molecule has 96 valence electrons. The molecule has 3 N–H and O–H groups in total. The Balaban J connectivity index is 4.17. The lowest BCUT2D eigenvalue weighted by Crippen LogP contribution is -2.43. The summed E-state index contributed by atoms with van der Waals surface area (Å²) in [7, 11) is 0. The average Bonchev–Trinajstić information content (AvgIpc) is 2.22. The van der Waals surface area contributed by atoms with E-state index in [1.807, 2.05) is 13.8 Å². The van der Waals surface area contributed by atoms with Crippen LogP contribution in [0.3, 0.4) is 0 Å². The van der Waals surface area contributed by atoms with Crippen molar-refractivity contribution in [1.82, 2.24) is 0 Å². The van der Waals surface area contributed by atoms with Gasteiger partial charge in [0.2, 0.25) is 0 Å². The van der Waals surface area contributed by atoms with Gasteiger partial charge in [0.15, 0.2) is 0 Å². The van der Waals surface area contributed by atoms with Gasteiger partial charge < -0.3 is 10.8 Å². The smallest absolute Gasteiger partial charge is 0.311 e. The molecule has 0 radical (unpaired) electrons. The molecule has 16 heavy (non-hydrogen) atoms. The maximum Gasteiger partial charge on any atom is 0.311 e. The predicted octanol–water partition coefficient (Wildman–Crippen LogP) is 3.03. The minimum Gasteiger partial charge on any atom is -0.481 e. The van der Waals surface area contributed by atoms with Crippen LogP contribution in [0.25, 0.3) is 0 Å². The Morgan fingerprint density at radius 1 is 1.25 bits per heavy atom. The molecular weight excluding hydrogens is 202 g/mol. The molecule has 0 aromatic carbocycles. The lowest BCUT2D eigenvalue weighted by Gasteiger charge is -2.32. The number of hydrogen-bond donors (Lipinski definition) is 2. The largest absolute Gasteiger partial charge is 0.481 e. The molecule has 0 bridgehead atoms. The number of carboxylic acid groups (broad SMARTS) is 1. The van der Waals surface area contributed by atoms with E-state index in [-0.39, 0.29) is 12.5 Å². The summed E-state index contributed by atoms with van der Waals surface area (Å²) in [5.41, 5.74) is 4.95. The lowest BCUT2D eigenvalue weighted by molar-refractivity contribution is -0.151. The first kappa shape index (κ1) is 15.4. The summed E-state index contributed by atoms with van der Waals surface area (Å²) in [6.45, 7) is 6.32. The van der Waals surface area contributed by atoms with Crippen LogP contribution in [-0.2, 0) is 4.79 Å². The second-order valence-corrected chi connectivity index (χ2v) is 4.98. The zero-order chi connectivity index (χ0) is 12.6. The molecule has 3 heteroatoms. The summed E-state index contributed by atoms with van der Waals surface area (Å²) in [6.07, 6.45) is 6.46. The van der Waals surface area contributed by atoms with E-state index >= 15 is 0 Å². The topological polar surface area (TPSA) is 63.3 Å². The Kier molecular flexibility index (Phi) is 7.39. The second-order valence-electron chi connectivity index (χ2n) is 4.98. The van der Waals surface area contributed by atoms with E-state index in [0.29, 0.717) is 6.42 Å². The SMILES string of the molecule is CCCCCCCC(CN)(C(=O)O)C(C)C. The van der Waals surface area contributed by atoms with Gasteiger partial charge >= 0.3 is 5.97 Å². The van der Waals surface area contributed by atoms with Crippen molar-refractivity contribution in [2.45, 2.75) is 59.3 Å². The number of rotatable bonds is 9. The third kappa shape index (κ3) is 4.12. The highest BCUT2D eigenvalue weighted by atomic mass is 16.4. The summed E-state index contributed by atoms with van der Waals surface area (Å²) < 4.78 is 0. The average molecular weight is 229 g/mol. The van der Waals surface area contributed by atoms with E-state index in [4.69, 9.17) is 5.73 Å². The minimum atomic E-state index is -0.736. The Hall–Kier alpha value is -0.570. The summed E-state index contributed by atoms with van der Waals surface area (Å²) in [4.78, 5) is 11.3. The van der Waals surface area contributed by atoms with Gasteiger partial charge in [0.25, 0.3) is 0 Å². The van der Waals surface area contributed by atoms with Crippen molar-refractivity contribution in [2.75, 3.05) is 6.54 Å². The molecule has 0 aliphatic heterocycles. The molecule has 0 spiro atoms. The lowest BCUT2D eigenvalue weighted by atomic mass is 9.73. The van der Waals surface area contributed by atoms with Gasteiger partial charge in [-0.3, -0.25) is 4.79 Å². The number of hydrogen-bond acceptors (Lipinski definition) is 2. The number of aliphatic carboxylic acids is 1. The van der Waals surface area contributed by atoms with Crippen LogP contribution in [-0.4, -0.2) is 17.6 Å². The van der Waals surface area contributed by atoms with Crippen LogP contribution >= 0.6 is 0 Å². The third-order valence-corrected chi connectivity index (χ3v) is 3.62. The number of carboxylic acids is 1. The number of nitrogens with two attached hydrogens (primary N) is 1. The Morgan fingerprint density at radius 2 is 1.81 bits per heavy atom. The minimum absolute atomic E-state index is 0.0983. The van der Waals surface area contributed by atoms with Crippen molar-refractivity contribution in [2.24, 2.45) is 17.1 Å². The Morgan fingerprint density at radius 3 is 2.19 bits per heavy atom. The van der Waals surface area contributed by atoms with E-state index in [0.717, 1.165) is 12.8 Å².